The highest BCUT2D eigenvalue weighted by atomic mass is 16.6. The van der Waals surface area contributed by atoms with E-state index in [2.05, 4.69) is 0 Å². The Balaban J connectivity index is 1.71. The van der Waals surface area contributed by atoms with Crippen LogP contribution < -0.4 is 9.47 Å². The summed E-state index contributed by atoms with van der Waals surface area (Å²) in [6, 6.07) is 17.3. The van der Waals surface area contributed by atoms with Crippen molar-refractivity contribution >= 4 is 22.7 Å². The minimum atomic E-state index is -0.688. The summed E-state index contributed by atoms with van der Waals surface area (Å²) in [4.78, 5) is 23.7. The summed E-state index contributed by atoms with van der Waals surface area (Å²) in [5, 5.41) is 2.20. The van der Waals surface area contributed by atoms with Crippen LogP contribution in [0.25, 0.3) is 10.8 Å². The summed E-state index contributed by atoms with van der Waals surface area (Å²) in [5.41, 5.74) is 1.84. The molecule has 0 saturated heterocycles. The zero-order valence-corrected chi connectivity index (χ0v) is 14.2. The molecule has 0 aromatic heterocycles. The van der Waals surface area contributed by atoms with E-state index in [0.717, 1.165) is 16.3 Å². The van der Waals surface area contributed by atoms with Crippen molar-refractivity contribution in [1.82, 2.24) is 0 Å². The van der Waals surface area contributed by atoms with Gasteiger partial charge in [0.05, 0.1) is 13.5 Å². The molecule has 5 heteroatoms. The zero-order valence-electron chi connectivity index (χ0n) is 14.2. The lowest BCUT2D eigenvalue weighted by molar-refractivity contribution is -0.137. The molecule has 0 spiro atoms. The number of fused-ring (bicyclic) bond motifs is 2. The first-order valence-corrected chi connectivity index (χ1v) is 8.21. The summed E-state index contributed by atoms with van der Waals surface area (Å²) in [6.07, 6.45) is 0.0168. The number of hydrogen-bond acceptors (Lipinski definition) is 5. The summed E-state index contributed by atoms with van der Waals surface area (Å²) in [5.74, 6) is -0.383. The van der Waals surface area contributed by atoms with E-state index in [1.807, 2.05) is 42.5 Å². The largest absolute Gasteiger partial charge is 0.497 e. The Bertz CT molecular complexity index is 1020. The van der Waals surface area contributed by atoms with Gasteiger partial charge in [-0.3, -0.25) is 4.79 Å². The van der Waals surface area contributed by atoms with Gasteiger partial charge < -0.3 is 14.2 Å². The van der Waals surface area contributed by atoms with E-state index in [9.17, 15) is 9.59 Å². The predicted molar refractivity (Wildman–Crippen MR) is 95.4 cm³/mol. The summed E-state index contributed by atoms with van der Waals surface area (Å²) in [6.45, 7) is 0.280. The van der Waals surface area contributed by atoms with E-state index in [-0.39, 0.29) is 18.6 Å². The molecule has 130 valence electrons. The van der Waals surface area contributed by atoms with Crippen LogP contribution in [0.3, 0.4) is 0 Å². The molecule has 1 aliphatic heterocycles. The van der Waals surface area contributed by atoms with Crippen LogP contribution >= 0.6 is 0 Å². The van der Waals surface area contributed by atoms with Gasteiger partial charge in [-0.05, 0) is 28.0 Å². The molecule has 0 bridgehead atoms. The smallest absolute Gasteiger partial charge is 0.349 e. The predicted octanol–water partition coefficient (Wildman–Crippen LogP) is 3.67. The molecule has 0 aliphatic carbocycles. The van der Waals surface area contributed by atoms with Crippen LogP contribution in [0.15, 0.2) is 54.6 Å². The second-order valence-electron chi connectivity index (χ2n) is 6.02. The van der Waals surface area contributed by atoms with Gasteiger partial charge >= 0.3 is 11.9 Å². The van der Waals surface area contributed by atoms with Gasteiger partial charge in [-0.25, -0.2) is 4.79 Å². The number of rotatable bonds is 4. The Labute approximate surface area is 150 Å². The molecule has 1 heterocycles. The molecule has 3 aromatic carbocycles. The third-order valence-electron chi connectivity index (χ3n) is 4.40. The quantitative estimate of drug-likeness (QED) is 0.532. The molecule has 4 rings (SSSR count). The van der Waals surface area contributed by atoms with E-state index >= 15 is 0 Å². The molecule has 0 atom stereocenters. The molecule has 0 amide bonds. The van der Waals surface area contributed by atoms with Gasteiger partial charge in [0.2, 0.25) is 0 Å². The zero-order chi connectivity index (χ0) is 18.1. The number of hydrogen-bond donors (Lipinski definition) is 0. The Morgan fingerprint density at radius 2 is 1.85 bits per heavy atom. The van der Waals surface area contributed by atoms with Crippen LogP contribution in [0.2, 0.25) is 0 Å². The first kappa shape index (κ1) is 16.1. The minimum Gasteiger partial charge on any atom is -0.497 e. The number of carbonyl (C=O) groups is 2. The van der Waals surface area contributed by atoms with Crippen molar-refractivity contribution in [2.24, 2.45) is 0 Å². The number of esters is 2. The van der Waals surface area contributed by atoms with Crippen molar-refractivity contribution in [3.63, 3.8) is 0 Å². The van der Waals surface area contributed by atoms with Gasteiger partial charge in [-0.2, -0.15) is 0 Å². The van der Waals surface area contributed by atoms with Crippen LogP contribution in [0.4, 0.5) is 0 Å². The Kier molecular flexibility index (Phi) is 4.05. The van der Waals surface area contributed by atoms with E-state index in [1.54, 1.807) is 12.1 Å². The summed E-state index contributed by atoms with van der Waals surface area (Å²) >= 11 is 0. The minimum absolute atomic E-state index is 0.0168. The van der Waals surface area contributed by atoms with Gasteiger partial charge in [0.25, 0.3) is 0 Å². The second kappa shape index (κ2) is 6.52. The van der Waals surface area contributed by atoms with Gasteiger partial charge in [-0.1, -0.05) is 42.5 Å². The molecule has 0 saturated carbocycles. The number of cyclic esters (lactones) is 2. The molecule has 0 fully saturated rings. The summed E-state index contributed by atoms with van der Waals surface area (Å²) in [7, 11) is 1.53. The highest BCUT2D eigenvalue weighted by Crippen LogP contribution is 2.33. The van der Waals surface area contributed by atoms with Gasteiger partial charge in [-0.15, -0.1) is 0 Å². The number of ether oxygens (including phenoxy) is 3. The Morgan fingerprint density at radius 1 is 1.04 bits per heavy atom. The highest BCUT2D eigenvalue weighted by molar-refractivity contribution is 6.04. The SMILES string of the molecule is COc1cc2c(c(OCc3cccc4ccccc34)c1)C(=O)OC(=O)C2. The maximum atomic E-state index is 12.2. The number of carbonyl (C=O) groups excluding carboxylic acids is 2. The van der Waals surface area contributed by atoms with E-state index in [4.69, 9.17) is 14.2 Å². The van der Waals surface area contributed by atoms with Crippen molar-refractivity contribution in [2.45, 2.75) is 13.0 Å². The van der Waals surface area contributed by atoms with Crippen molar-refractivity contribution in [1.29, 1.82) is 0 Å². The third-order valence-corrected chi connectivity index (χ3v) is 4.40. The van der Waals surface area contributed by atoms with Gasteiger partial charge in [0.1, 0.15) is 23.7 Å². The fourth-order valence-electron chi connectivity index (χ4n) is 3.17. The Morgan fingerprint density at radius 3 is 2.69 bits per heavy atom. The van der Waals surface area contributed by atoms with Gasteiger partial charge in [0, 0.05) is 6.07 Å². The molecule has 1 aliphatic rings. The van der Waals surface area contributed by atoms with Crippen LogP contribution in [0.1, 0.15) is 21.5 Å². The molecule has 0 N–H and O–H groups in total. The number of benzene rings is 3. The molecule has 0 radical (unpaired) electrons. The Hall–Kier alpha value is -3.34. The molecular formula is C21H16O5. The fraction of sp³-hybridized carbons (Fsp3) is 0.143. The lowest BCUT2D eigenvalue weighted by Crippen LogP contribution is -2.23. The van der Waals surface area contributed by atoms with Crippen molar-refractivity contribution in [3.8, 4) is 11.5 Å². The topological polar surface area (TPSA) is 61.8 Å². The standard InChI is InChI=1S/C21H16O5/c1-24-16-9-15-10-19(22)26-21(23)20(15)18(11-16)25-12-14-7-4-6-13-5-2-3-8-17(13)14/h2-9,11H,10,12H2,1H3. The van der Waals surface area contributed by atoms with Crippen LogP contribution in [-0.2, 0) is 22.6 Å². The average Bonchev–Trinajstić information content (AvgIpc) is 2.65. The molecule has 5 nitrogen and oxygen atoms in total. The van der Waals surface area contributed by atoms with Crippen molar-refractivity contribution in [3.05, 3.63) is 71.3 Å². The van der Waals surface area contributed by atoms with Gasteiger partial charge in [0.15, 0.2) is 0 Å². The first-order valence-electron chi connectivity index (χ1n) is 8.21. The number of methoxy groups -OCH3 is 1. The van der Waals surface area contributed by atoms with E-state index in [1.165, 1.54) is 7.11 Å². The average molecular weight is 348 g/mol. The molecule has 3 aromatic rings. The maximum absolute atomic E-state index is 12.2. The lowest BCUT2D eigenvalue weighted by atomic mass is 10.0. The highest BCUT2D eigenvalue weighted by Gasteiger charge is 2.29. The monoisotopic (exact) mass is 348 g/mol. The second-order valence-corrected chi connectivity index (χ2v) is 6.02. The van der Waals surface area contributed by atoms with E-state index in [0.29, 0.717) is 17.1 Å². The molecule has 26 heavy (non-hydrogen) atoms. The third kappa shape index (κ3) is 2.88. The molecular weight excluding hydrogens is 332 g/mol. The van der Waals surface area contributed by atoms with E-state index < -0.39 is 11.9 Å². The van der Waals surface area contributed by atoms with Crippen molar-refractivity contribution < 1.29 is 23.8 Å². The van der Waals surface area contributed by atoms with Crippen LogP contribution in [0, 0.1) is 0 Å². The maximum Gasteiger partial charge on any atom is 0.349 e. The van der Waals surface area contributed by atoms with Crippen molar-refractivity contribution in [2.75, 3.05) is 7.11 Å². The van der Waals surface area contributed by atoms with Crippen LogP contribution in [-0.4, -0.2) is 19.0 Å². The normalized spacial score (nSPS) is 13.3. The fourth-order valence-corrected chi connectivity index (χ4v) is 3.17. The lowest BCUT2D eigenvalue weighted by Gasteiger charge is -2.19. The first-order chi connectivity index (χ1) is 12.7. The van der Waals surface area contributed by atoms with Crippen LogP contribution in [0.5, 0.6) is 11.5 Å². The molecule has 0 unspecified atom stereocenters. The summed E-state index contributed by atoms with van der Waals surface area (Å²) < 4.78 is 16.0.